The number of unbranched alkanes of at least 4 members (excludes halogenated alkanes) is 20. The van der Waals surface area contributed by atoms with Crippen LogP contribution in [0.5, 0.6) is 34.5 Å². The van der Waals surface area contributed by atoms with Crippen molar-refractivity contribution in [1.82, 2.24) is 0 Å². The van der Waals surface area contributed by atoms with E-state index in [1.54, 1.807) is 0 Å². The third kappa shape index (κ3) is 18.4. The number of fused-ring (bicyclic) bond motifs is 6. The zero-order chi connectivity index (χ0) is 44.7. The summed E-state index contributed by atoms with van der Waals surface area (Å²) in [5.74, 6) is 4.88. The first-order valence-corrected chi connectivity index (χ1v) is 27.1. The van der Waals surface area contributed by atoms with Gasteiger partial charge < -0.3 is 28.4 Å². The Bertz CT molecular complexity index is 1770. The quantitative estimate of drug-likeness (QED) is 0.0252. The van der Waals surface area contributed by atoms with Crippen LogP contribution in [-0.2, 0) is 0 Å². The molecule has 0 heterocycles. The van der Waals surface area contributed by atoms with Gasteiger partial charge in [-0.2, -0.15) is 0 Å². The molecular formula is C56H87BrO6. The van der Waals surface area contributed by atoms with E-state index in [1.165, 1.54) is 96.3 Å². The number of hydrogen-bond acceptors (Lipinski definition) is 6. The molecule has 0 aliphatic heterocycles. The Hall–Kier alpha value is -3.06. The lowest BCUT2D eigenvalue weighted by Gasteiger charge is -2.21. The Morgan fingerprint density at radius 2 is 0.429 bits per heavy atom. The SMILES string of the molecule is CCCCCCOc1cc2c3cc(OCCCCCC)c(OCCCCCC)cc3c3cc(OCCCCCCCCBr)c(OCCCCCC)cc3c2cc1OCCCCCC. The smallest absolute Gasteiger partial charge is 0.161 e. The molecule has 0 aliphatic carbocycles. The van der Waals surface area contributed by atoms with Crippen LogP contribution < -0.4 is 28.4 Å². The van der Waals surface area contributed by atoms with Crippen LogP contribution in [0.1, 0.15) is 202 Å². The molecule has 7 heteroatoms. The summed E-state index contributed by atoms with van der Waals surface area (Å²) in [6.45, 7) is 15.3. The van der Waals surface area contributed by atoms with Gasteiger partial charge in [-0.05, 0) is 114 Å². The largest absolute Gasteiger partial charge is 0.490 e. The number of rotatable bonds is 39. The zero-order valence-corrected chi connectivity index (χ0v) is 42.2. The van der Waals surface area contributed by atoms with Gasteiger partial charge in [0, 0.05) is 5.33 Å². The van der Waals surface area contributed by atoms with Gasteiger partial charge in [0.1, 0.15) is 0 Å². The van der Waals surface area contributed by atoms with Crippen LogP contribution in [0.4, 0.5) is 0 Å². The summed E-state index contributed by atoms with van der Waals surface area (Å²) in [7, 11) is 0. The standard InChI is InChI=1S/C56H87BrO6/c1-6-11-16-26-33-58-51-39-45-46-40-52(59-34-27-17-12-7-2)54(61-36-29-19-14-9-4)42-48(46)50-44-56(63-38-31-24-22-21-23-25-32-57)55(62-37-30-20-15-10-5)43-49(50)47(45)41-53(51)60-35-28-18-13-8-3/h39-44H,6-38H2,1-5H3. The number of benzene rings is 4. The summed E-state index contributed by atoms with van der Waals surface area (Å²) in [6.07, 6.45) is 30.2. The lowest BCUT2D eigenvalue weighted by molar-refractivity contribution is 0.259. The van der Waals surface area contributed by atoms with E-state index in [0.717, 1.165) is 143 Å². The minimum absolute atomic E-state index is 0.665. The summed E-state index contributed by atoms with van der Waals surface area (Å²) in [5.41, 5.74) is 0. The highest BCUT2D eigenvalue weighted by atomic mass is 79.9. The van der Waals surface area contributed by atoms with Crippen LogP contribution in [0.25, 0.3) is 32.3 Å². The summed E-state index contributed by atoms with van der Waals surface area (Å²) >= 11 is 3.58. The summed E-state index contributed by atoms with van der Waals surface area (Å²) in [5, 5.41) is 7.80. The van der Waals surface area contributed by atoms with E-state index in [1.807, 2.05) is 0 Å². The van der Waals surface area contributed by atoms with Crippen LogP contribution in [0.3, 0.4) is 0 Å². The number of hydrogen-bond donors (Lipinski definition) is 0. The van der Waals surface area contributed by atoms with E-state index in [0.29, 0.717) is 39.6 Å². The van der Waals surface area contributed by atoms with Crippen molar-refractivity contribution in [2.75, 3.05) is 45.0 Å². The van der Waals surface area contributed by atoms with E-state index in [2.05, 4.69) is 86.9 Å². The van der Waals surface area contributed by atoms with Crippen LogP contribution in [0.2, 0.25) is 0 Å². The van der Waals surface area contributed by atoms with Crippen molar-refractivity contribution in [1.29, 1.82) is 0 Å². The monoisotopic (exact) mass is 935 g/mol. The van der Waals surface area contributed by atoms with Gasteiger partial charge in [-0.1, -0.05) is 173 Å². The van der Waals surface area contributed by atoms with E-state index in [9.17, 15) is 0 Å². The van der Waals surface area contributed by atoms with Gasteiger partial charge in [-0.3, -0.25) is 0 Å². The van der Waals surface area contributed by atoms with Crippen molar-refractivity contribution in [3.05, 3.63) is 36.4 Å². The molecule has 4 aromatic rings. The first kappa shape index (κ1) is 52.6. The first-order valence-electron chi connectivity index (χ1n) is 26.0. The third-order valence-corrected chi connectivity index (χ3v) is 12.7. The van der Waals surface area contributed by atoms with Gasteiger partial charge in [0.25, 0.3) is 0 Å². The summed E-state index contributed by atoms with van der Waals surface area (Å²) < 4.78 is 40.1. The molecule has 0 bridgehead atoms. The molecule has 63 heavy (non-hydrogen) atoms. The van der Waals surface area contributed by atoms with Crippen molar-refractivity contribution in [3.63, 3.8) is 0 Å². The third-order valence-electron chi connectivity index (χ3n) is 12.2. The van der Waals surface area contributed by atoms with E-state index in [4.69, 9.17) is 28.4 Å². The molecular weight excluding hydrogens is 849 g/mol. The van der Waals surface area contributed by atoms with Crippen molar-refractivity contribution in [2.24, 2.45) is 0 Å². The molecule has 0 unspecified atom stereocenters. The maximum atomic E-state index is 6.72. The fourth-order valence-corrected chi connectivity index (χ4v) is 8.73. The Morgan fingerprint density at radius 3 is 0.619 bits per heavy atom. The van der Waals surface area contributed by atoms with Gasteiger partial charge in [0.15, 0.2) is 34.5 Å². The van der Waals surface area contributed by atoms with Gasteiger partial charge in [-0.15, -0.1) is 0 Å². The predicted molar refractivity (Wildman–Crippen MR) is 274 cm³/mol. The number of alkyl halides is 1. The van der Waals surface area contributed by atoms with Crippen molar-refractivity contribution >= 4 is 48.2 Å². The fourth-order valence-electron chi connectivity index (χ4n) is 8.33. The van der Waals surface area contributed by atoms with E-state index in [-0.39, 0.29) is 0 Å². The minimum Gasteiger partial charge on any atom is -0.490 e. The summed E-state index contributed by atoms with van der Waals surface area (Å²) in [4.78, 5) is 0. The highest BCUT2D eigenvalue weighted by Gasteiger charge is 2.21. The van der Waals surface area contributed by atoms with Gasteiger partial charge >= 0.3 is 0 Å². The average Bonchev–Trinajstić information content (AvgIpc) is 3.29. The Morgan fingerprint density at radius 1 is 0.254 bits per heavy atom. The van der Waals surface area contributed by atoms with Crippen LogP contribution in [-0.4, -0.2) is 45.0 Å². The molecule has 0 saturated carbocycles. The molecule has 354 valence electrons. The average molecular weight is 936 g/mol. The molecule has 6 nitrogen and oxygen atoms in total. The highest BCUT2D eigenvalue weighted by Crippen LogP contribution is 2.47. The van der Waals surface area contributed by atoms with Crippen molar-refractivity contribution in [2.45, 2.75) is 202 Å². The number of ether oxygens (including phenoxy) is 6. The molecule has 0 spiro atoms. The fraction of sp³-hybridized carbons (Fsp3) is 0.679. The molecule has 0 saturated heterocycles. The lowest BCUT2D eigenvalue weighted by Crippen LogP contribution is -2.05. The highest BCUT2D eigenvalue weighted by molar-refractivity contribution is 9.09. The van der Waals surface area contributed by atoms with E-state index < -0.39 is 0 Å². The molecule has 0 aliphatic rings. The Balaban J connectivity index is 1.91. The maximum Gasteiger partial charge on any atom is 0.161 e. The topological polar surface area (TPSA) is 55.4 Å². The normalized spacial score (nSPS) is 11.5. The lowest BCUT2D eigenvalue weighted by atomic mass is 9.93. The molecule has 0 atom stereocenters. The molecule has 0 N–H and O–H groups in total. The Labute approximate surface area is 392 Å². The predicted octanol–water partition coefficient (Wildman–Crippen LogP) is 18.1. The molecule has 4 rings (SSSR count). The molecule has 4 aromatic carbocycles. The second-order valence-electron chi connectivity index (χ2n) is 17.7. The second kappa shape index (κ2) is 32.6. The van der Waals surface area contributed by atoms with Gasteiger partial charge in [0.2, 0.25) is 0 Å². The zero-order valence-electron chi connectivity index (χ0n) is 40.6. The Kier molecular flexibility index (Phi) is 27.2. The minimum atomic E-state index is 0.665. The van der Waals surface area contributed by atoms with Crippen LogP contribution in [0.15, 0.2) is 36.4 Å². The van der Waals surface area contributed by atoms with Gasteiger partial charge in [-0.25, -0.2) is 0 Å². The van der Waals surface area contributed by atoms with Crippen LogP contribution >= 0.6 is 15.9 Å². The molecule has 0 fully saturated rings. The number of halogens is 1. The molecule has 0 amide bonds. The molecule has 0 radical (unpaired) electrons. The van der Waals surface area contributed by atoms with Crippen molar-refractivity contribution < 1.29 is 28.4 Å². The van der Waals surface area contributed by atoms with Gasteiger partial charge in [0.05, 0.1) is 39.6 Å². The maximum absolute atomic E-state index is 6.72. The van der Waals surface area contributed by atoms with Crippen molar-refractivity contribution in [3.8, 4) is 34.5 Å². The summed E-state index contributed by atoms with van der Waals surface area (Å²) in [6, 6.07) is 13.4. The second-order valence-corrected chi connectivity index (χ2v) is 18.5. The van der Waals surface area contributed by atoms with E-state index >= 15 is 0 Å². The van der Waals surface area contributed by atoms with Crippen LogP contribution in [0, 0.1) is 0 Å². The first-order chi connectivity index (χ1) is 31.1. The molecule has 0 aromatic heterocycles.